The normalized spacial score (nSPS) is 13.8. The monoisotopic (exact) mass is 284 g/mol. The highest BCUT2D eigenvalue weighted by Crippen LogP contribution is 2.27. The Labute approximate surface area is 107 Å². The van der Waals surface area contributed by atoms with Crippen LogP contribution < -0.4 is 5.32 Å². The van der Waals surface area contributed by atoms with Gasteiger partial charge in [0.05, 0.1) is 0 Å². The van der Waals surface area contributed by atoms with Gasteiger partial charge in [-0.1, -0.05) is 13.8 Å². The van der Waals surface area contributed by atoms with Crippen LogP contribution in [0.2, 0.25) is 0 Å². The molecular weight excluding hydrogens is 264 g/mol. The summed E-state index contributed by atoms with van der Waals surface area (Å²) in [7, 11) is 2.02. The van der Waals surface area contributed by atoms with Crippen LogP contribution >= 0.6 is 15.9 Å². The van der Waals surface area contributed by atoms with E-state index in [1.54, 1.807) is 0 Å². The fraction of sp³-hybridized carbons (Fsp3) is 0.615. The Morgan fingerprint density at radius 2 is 2.12 bits per heavy atom. The zero-order valence-corrected chi connectivity index (χ0v) is 12.1. The summed E-state index contributed by atoms with van der Waals surface area (Å²) in [5, 5.41) is 3.29. The van der Waals surface area contributed by atoms with Crippen LogP contribution in [0.4, 0.5) is 0 Å². The van der Waals surface area contributed by atoms with Crippen LogP contribution in [-0.2, 0) is 6.42 Å². The first-order valence-electron chi connectivity index (χ1n) is 5.70. The van der Waals surface area contributed by atoms with Gasteiger partial charge in [-0.15, -0.1) is 0 Å². The van der Waals surface area contributed by atoms with Gasteiger partial charge in [-0.2, -0.15) is 0 Å². The van der Waals surface area contributed by atoms with Gasteiger partial charge in [0.1, 0.15) is 0 Å². The molecule has 1 aromatic rings. The van der Waals surface area contributed by atoms with Crippen molar-refractivity contribution >= 4 is 15.9 Å². The maximum atomic E-state index is 4.21. The van der Waals surface area contributed by atoms with Crippen LogP contribution in [0, 0.1) is 5.41 Å². The summed E-state index contributed by atoms with van der Waals surface area (Å²) < 4.78 is 1.06. The van der Waals surface area contributed by atoms with Crippen molar-refractivity contribution in [2.45, 2.75) is 39.7 Å². The van der Waals surface area contributed by atoms with Crippen molar-refractivity contribution in [2.75, 3.05) is 7.05 Å². The van der Waals surface area contributed by atoms with E-state index in [2.05, 4.69) is 53.1 Å². The Morgan fingerprint density at radius 1 is 1.44 bits per heavy atom. The number of nitrogens with one attached hydrogen (secondary N) is 1. The third kappa shape index (κ3) is 4.62. The van der Waals surface area contributed by atoms with Gasteiger partial charge in [-0.05, 0) is 59.8 Å². The first kappa shape index (κ1) is 13.7. The van der Waals surface area contributed by atoms with E-state index in [9.17, 15) is 0 Å². The summed E-state index contributed by atoms with van der Waals surface area (Å²) in [6, 6.07) is 2.70. The molecule has 1 atom stereocenters. The van der Waals surface area contributed by atoms with Crippen molar-refractivity contribution < 1.29 is 0 Å². The average molecular weight is 285 g/mol. The largest absolute Gasteiger partial charge is 0.317 e. The molecule has 0 aliphatic rings. The average Bonchev–Trinajstić information content (AvgIpc) is 2.15. The second-order valence-electron chi connectivity index (χ2n) is 5.25. The Hall–Kier alpha value is -0.410. The van der Waals surface area contributed by atoms with Crippen LogP contribution in [0.25, 0.3) is 0 Å². The summed E-state index contributed by atoms with van der Waals surface area (Å²) in [5.74, 6) is 0. The molecule has 16 heavy (non-hydrogen) atoms. The zero-order valence-electron chi connectivity index (χ0n) is 10.5. The minimum atomic E-state index is 0.297. The van der Waals surface area contributed by atoms with Gasteiger partial charge in [0, 0.05) is 22.9 Å². The number of halogens is 1. The minimum Gasteiger partial charge on any atom is -0.317 e. The minimum absolute atomic E-state index is 0.297. The third-order valence-electron chi connectivity index (χ3n) is 2.80. The Balaban J connectivity index is 2.65. The lowest BCUT2D eigenvalue weighted by Gasteiger charge is -2.28. The molecule has 0 amide bonds. The van der Waals surface area contributed by atoms with Crippen LogP contribution in [0.5, 0.6) is 0 Å². The van der Waals surface area contributed by atoms with Crippen molar-refractivity contribution in [1.82, 2.24) is 10.3 Å². The Morgan fingerprint density at radius 3 is 2.69 bits per heavy atom. The number of pyridine rings is 1. The molecule has 0 saturated heterocycles. The second-order valence-corrected chi connectivity index (χ2v) is 6.16. The highest BCUT2D eigenvalue weighted by atomic mass is 79.9. The van der Waals surface area contributed by atoms with Gasteiger partial charge in [-0.3, -0.25) is 4.98 Å². The molecule has 0 radical (unpaired) electrons. The van der Waals surface area contributed by atoms with E-state index in [0.717, 1.165) is 17.3 Å². The molecule has 1 rings (SSSR count). The fourth-order valence-corrected chi connectivity index (χ4v) is 2.52. The highest BCUT2D eigenvalue weighted by Gasteiger charge is 2.21. The van der Waals surface area contributed by atoms with Crippen molar-refractivity contribution in [3.05, 3.63) is 28.5 Å². The number of aromatic nitrogens is 1. The molecule has 0 saturated carbocycles. The van der Waals surface area contributed by atoms with Crippen molar-refractivity contribution in [2.24, 2.45) is 5.41 Å². The van der Waals surface area contributed by atoms with Gasteiger partial charge in [0.2, 0.25) is 0 Å². The summed E-state index contributed by atoms with van der Waals surface area (Å²) in [4.78, 5) is 4.21. The third-order valence-corrected chi connectivity index (χ3v) is 3.23. The molecule has 90 valence electrons. The van der Waals surface area contributed by atoms with E-state index < -0.39 is 0 Å². The van der Waals surface area contributed by atoms with Gasteiger partial charge >= 0.3 is 0 Å². The SMILES string of the molecule is CNC(C)CC(C)(C)Cc1cncc(Br)c1. The molecule has 1 heterocycles. The quantitative estimate of drug-likeness (QED) is 0.896. The molecule has 0 aliphatic carbocycles. The van der Waals surface area contributed by atoms with E-state index in [-0.39, 0.29) is 0 Å². The molecule has 1 unspecified atom stereocenters. The summed E-state index contributed by atoms with van der Waals surface area (Å²) in [6.07, 6.45) is 6.00. The molecule has 0 fully saturated rings. The first-order valence-corrected chi connectivity index (χ1v) is 6.49. The molecule has 0 bridgehead atoms. The predicted molar refractivity (Wildman–Crippen MR) is 72.6 cm³/mol. The molecule has 2 nitrogen and oxygen atoms in total. The topological polar surface area (TPSA) is 24.9 Å². The van der Waals surface area contributed by atoms with Gasteiger partial charge in [0.25, 0.3) is 0 Å². The van der Waals surface area contributed by atoms with Crippen LogP contribution in [0.15, 0.2) is 22.9 Å². The molecule has 3 heteroatoms. The predicted octanol–water partition coefficient (Wildman–Crippen LogP) is 3.41. The molecule has 0 aromatic carbocycles. The second kappa shape index (κ2) is 5.78. The maximum Gasteiger partial charge on any atom is 0.0410 e. The maximum absolute atomic E-state index is 4.21. The number of nitrogens with zero attached hydrogens (tertiary/aromatic N) is 1. The molecule has 0 aliphatic heterocycles. The number of hydrogen-bond acceptors (Lipinski definition) is 2. The van der Waals surface area contributed by atoms with Gasteiger partial charge in [-0.25, -0.2) is 0 Å². The zero-order chi connectivity index (χ0) is 12.2. The van der Waals surface area contributed by atoms with E-state index in [4.69, 9.17) is 0 Å². The first-order chi connectivity index (χ1) is 7.43. The highest BCUT2D eigenvalue weighted by molar-refractivity contribution is 9.10. The van der Waals surface area contributed by atoms with Gasteiger partial charge in [0.15, 0.2) is 0 Å². The Bertz CT molecular complexity index is 336. The van der Waals surface area contributed by atoms with Gasteiger partial charge < -0.3 is 5.32 Å². The lowest BCUT2D eigenvalue weighted by atomic mass is 9.81. The van der Waals surface area contributed by atoms with Crippen LogP contribution in [-0.4, -0.2) is 18.1 Å². The van der Waals surface area contributed by atoms with Crippen molar-refractivity contribution in [1.29, 1.82) is 0 Å². The number of hydrogen-bond donors (Lipinski definition) is 1. The lowest BCUT2D eigenvalue weighted by molar-refractivity contribution is 0.293. The van der Waals surface area contributed by atoms with E-state index in [0.29, 0.717) is 11.5 Å². The molecular formula is C13H21BrN2. The summed E-state index contributed by atoms with van der Waals surface area (Å²) >= 11 is 3.46. The van der Waals surface area contributed by atoms with Crippen molar-refractivity contribution in [3.63, 3.8) is 0 Å². The summed E-state index contributed by atoms with van der Waals surface area (Å²) in [5.41, 5.74) is 1.59. The van der Waals surface area contributed by atoms with E-state index >= 15 is 0 Å². The Kier molecular flexibility index (Phi) is 4.93. The standard InChI is InChI=1S/C13H21BrN2/c1-10(15-4)6-13(2,3)7-11-5-12(14)9-16-8-11/h5,8-10,15H,6-7H2,1-4H3. The molecule has 0 spiro atoms. The van der Waals surface area contributed by atoms with Crippen LogP contribution in [0.3, 0.4) is 0 Å². The van der Waals surface area contributed by atoms with E-state index in [1.165, 1.54) is 5.56 Å². The van der Waals surface area contributed by atoms with Crippen LogP contribution in [0.1, 0.15) is 32.8 Å². The van der Waals surface area contributed by atoms with E-state index in [1.807, 2.05) is 19.4 Å². The smallest absolute Gasteiger partial charge is 0.0410 e. The molecule has 1 aromatic heterocycles. The fourth-order valence-electron chi connectivity index (χ4n) is 2.11. The molecule has 1 N–H and O–H groups in total. The lowest BCUT2D eigenvalue weighted by Crippen LogP contribution is -2.29. The summed E-state index contributed by atoms with van der Waals surface area (Å²) in [6.45, 7) is 6.84. The number of rotatable bonds is 5. The van der Waals surface area contributed by atoms with Crippen molar-refractivity contribution in [3.8, 4) is 0 Å².